The number of halogens is 1. The molecule has 0 fully saturated rings. The maximum absolute atomic E-state index is 5.68. The average Bonchev–Trinajstić information content (AvgIpc) is 2.71. The van der Waals surface area contributed by atoms with Crippen molar-refractivity contribution in [2.75, 3.05) is 40.0 Å². The summed E-state index contributed by atoms with van der Waals surface area (Å²) in [6.07, 6.45) is 1.71. The number of rotatable bonds is 11. The molecule has 1 heterocycles. The molecule has 0 radical (unpaired) electrons. The Balaban J connectivity index is 0.00000392. The second-order valence-corrected chi connectivity index (χ2v) is 5.59. The average molecular weight is 500 g/mol. The minimum atomic E-state index is 0. The Kier molecular flexibility index (Phi) is 12.8. The second kappa shape index (κ2) is 14.9. The van der Waals surface area contributed by atoms with Crippen molar-refractivity contribution >= 4 is 29.9 Å². The molecule has 2 N–H and O–H groups in total. The van der Waals surface area contributed by atoms with Gasteiger partial charge in [0.15, 0.2) is 5.96 Å². The highest BCUT2D eigenvalue weighted by molar-refractivity contribution is 14.0. The zero-order valence-corrected chi connectivity index (χ0v) is 18.7. The smallest absolute Gasteiger partial charge is 0.218 e. The number of aliphatic imine (C=N–C) groups is 1. The van der Waals surface area contributed by atoms with Gasteiger partial charge in [-0.05, 0) is 25.1 Å². The summed E-state index contributed by atoms with van der Waals surface area (Å²) in [4.78, 5) is 8.88. The van der Waals surface area contributed by atoms with Crippen molar-refractivity contribution in [1.29, 1.82) is 0 Å². The van der Waals surface area contributed by atoms with Crippen LogP contribution in [0.1, 0.15) is 12.5 Å². The van der Waals surface area contributed by atoms with E-state index in [-0.39, 0.29) is 24.0 Å². The second-order valence-electron chi connectivity index (χ2n) is 5.59. The zero-order chi connectivity index (χ0) is 19.2. The lowest BCUT2D eigenvalue weighted by atomic mass is 10.3. The molecule has 1 aromatic heterocycles. The maximum Gasteiger partial charge on any atom is 0.218 e. The van der Waals surface area contributed by atoms with Crippen LogP contribution in [0.2, 0.25) is 0 Å². The molecule has 0 bridgehead atoms. The van der Waals surface area contributed by atoms with Gasteiger partial charge in [-0.1, -0.05) is 24.3 Å². The lowest BCUT2D eigenvalue weighted by Crippen LogP contribution is -2.39. The van der Waals surface area contributed by atoms with Crippen LogP contribution in [0.5, 0.6) is 11.6 Å². The Morgan fingerprint density at radius 3 is 2.57 bits per heavy atom. The molecule has 7 nitrogen and oxygen atoms in total. The molecule has 2 rings (SSSR count). The summed E-state index contributed by atoms with van der Waals surface area (Å²) in [7, 11) is 1.64. The number of nitrogens with one attached hydrogen (secondary N) is 2. The fraction of sp³-hybridized carbons (Fsp3) is 0.400. The van der Waals surface area contributed by atoms with Crippen molar-refractivity contribution in [3.63, 3.8) is 0 Å². The first-order valence-electron chi connectivity index (χ1n) is 9.09. The Labute approximate surface area is 183 Å². The molecule has 2 aromatic rings. The SMILES string of the molecule is CCNC(=NCc1cccnc1OCCOC)NCCOc1ccccc1.I. The minimum Gasteiger partial charge on any atom is -0.492 e. The number of nitrogens with zero attached hydrogens (tertiary/aromatic N) is 2. The molecule has 0 saturated carbocycles. The number of ether oxygens (including phenoxy) is 3. The van der Waals surface area contributed by atoms with Gasteiger partial charge in [0, 0.05) is 25.4 Å². The number of hydrogen-bond acceptors (Lipinski definition) is 5. The highest BCUT2D eigenvalue weighted by Gasteiger charge is 2.05. The van der Waals surface area contributed by atoms with Crippen molar-refractivity contribution < 1.29 is 14.2 Å². The van der Waals surface area contributed by atoms with Gasteiger partial charge in [0.2, 0.25) is 5.88 Å². The first-order valence-corrected chi connectivity index (χ1v) is 9.09. The molecule has 0 spiro atoms. The molecule has 1 aromatic carbocycles. The van der Waals surface area contributed by atoms with E-state index in [1.165, 1.54) is 0 Å². The fourth-order valence-electron chi connectivity index (χ4n) is 2.26. The summed E-state index contributed by atoms with van der Waals surface area (Å²) in [5, 5.41) is 6.49. The zero-order valence-electron chi connectivity index (χ0n) is 16.4. The quantitative estimate of drug-likeness (QED) is 0.214. The number of benzene rings is 1. The minimum absolute atomic E-state index is 0. The van der Waals surface area contributed by atoms with Gasteiger partial charge in [-0.2, -0.15) is 0 Å². The highest BCUT2D eigenvalue weighted by Crippen LogP contribution is 2.15. The molecule has 0 saturated heterocycles. The van der Waals surface area contributed by atoms with Gasteiger partial charge in [0.25, 0.3) is 0 Å². The Bertz CT molecular complexity index is 686. The number of hydrogen-bond donors (Lipinski definition) is 2. The van der Waals surface area contributed by atoms with E-state index in [1.54, 1.807) is 13.3 Å². The van der Waals surface area contributed by atoms with E-state index in [9.17, 15) is 0 Å². The van der Waals surface area contributed by atoms with Crippen LogP contribution in [0.15, 0.2) is 53.7 Å². The first kappa shape index (κ1) is 24.0. The van der Waals surface area contributed by atoms with Crippen LogP contribution in [0.4, 0.5) is 0 Å². The first-order chi connectivity index (χ1) is 13.3. The molecular formula is C20H29IN4O3. The lowest BCUT2D eigenvalue weighted by Gasteiger charge is -2.13. The summed E-state index contributed by atoms with van der Waals surface area (Å²) in [5.41, 5.74) is 0.923. The van der Waals surface area contributed by atoms with Crippen LogP contribution in [0.3, 0.4) is 0 Å². The summed E-state index contributed by atoms with van der Waals surface area (Å²) >= 11 is 0. The van der Waals surface area contributed by atoms with Crippen LogP contribution in [-0.4, -0.2) is 51.0 Å². The number of methoxy groups -OCH3 is 1. The van der Waals surface area contributed by atoms with Gasteiger partial charge in [0.1, 0.15) is 19.0 Å². The topological polar surface area (TPSA) is 77.0 Å². The van der Waals surface area contributed by atoms with Crippen molar-refractivity contribution in [2.24, 2.45) is 4.99 Å². The molecule has 0 aliphatic carbocycles. The number of para-hydroxylation sites is 1. The monoisotopic (exact) mass is 500 g/mol. The molecule has 8 heteroatoms. The van der Waals surface area contributed by atoms with Crippen LogP contribution in [-0.2, 0) is 11.3 Å². The summed E-state index contributed by atoms with van der Waals surface area (Å²) in [6, 6.07) is 13.6. The van der Waals surface area contributed by atoms with E-state index in [0.29, 0.717) is 38.8 Å². The number of pyridine rings is 1. The third kappa shape index (κ3) is 9.23. The largest absolute Gasteiger partial charge is 0.492 e. The van der Waals surface area contributed by atoms with Gasteiger partial charge in [-0.25, -0.2) is 9.98 Å². The predicted molar refractivity (Wildman–Crippen MR) is 122 cm³/mol. The number of guanidine groups is 1. The van der Waals surface area contributed by atoms with E-state index in [2.05, 4.69) is 20.6 Å². The van der Waals surface area contributed by atoms with Crippen LogP contribution < -0.4 is 20.1 Å². The Morgan fingerprint density at radius 1 is 1.00 bits per heavy atom. The van der Waals surface area contributed by atoms with E-state index in [0.717, 1.165) is 23.8 Å². The normalized spacial score (nSPS) is 10.7. The molecule has 0 aliphatic rings. The fourth-order valence-corrected chi connectivity index (χ4v) is 2.26. The molecule has 0 atom stereocenters. The van der Waals surface area contributed by atoms with Crippen LogP contribution >= 0.6 is 24.0 Å². The van der Waals surface area contributed by atoms with Crippen molar-refractivity contribution in [3.05, 3.63) is 54.2 Å². The predicted octanol–water partition coefficient (Wildman–Crippen LogP) is 2.86. The van der Waals surface area contributed by atoms with E-state index in [4.69, 9.17) is 14.2 Å². The molecule has 154 valence electrons. The summed E-state index contributed by atoms with van der Waals surface area (Å²) in [5.74, 6) is 2.16. The van der Waals surface area contributed by atoms with Crippen molar-refractivity contribution in [1.82, 2.24) is 15.6 Å². The molecule has 28 heavy (non-hydrogen) atoms. The third-order valence-electron chi connectivity index (χ3n) is 3.53. The van der Waals surface area contributed by atoms with Gasteiger partial charge < -0.3 is 24.8 Å². The lowest BCUT2D eigenvalue weighted by molar-refractivity contribution is 0.143. The number of aromatic nitrogens is 1. The van der Waals surface area contributed by atoms with Gasteiger partial charge in [0.05, 0.1) is 19.7 Å². The van der Waals surface area contributed by atoms with Crippen molar-refractivity contribution in [2.45, 2.75) is 13.5 Å². The highest BCUT2D eigenvalue weighted by atomic mass is 127. The Hall–Kier alpha value is -2.07. The molecule has 0 aliphatic heterocycles. The standard InChI is InChI=1S/C20H28N4O3.HI/c1-3-21-20(23-12-13-26-18-9-5-4-6-10-18)24-16-17-8-7-11-22-19(17)27-15-14-25-2;/h4-11H,3,12-16H2,1-2H3,(H2,21,23,24);1H. The van der Waals surface area contributed by atoms with Gasteiger partial charge in [-0.15, -0.1) is 24.0 Å². The molecular weight excluding hydrogens is 471 g/mol. The Morgan fingerprint density at radius 2 is 1.82 bits per heavy atom. The van der Waals surface area contributed by atoms with E-state index < -0.39 is 0 Å². The maximum atomic E-state index is 5.68. The summed E-state index contributed by atoms with van der Waals surface area (Å²) < 4.78 is 16.3. The van der Waals surface area contributed by atoms with Crippen molar-refractivity contribution in [3.8, 4) is 11.6 Å². The van der Waals surface area contributed by atoms with Gasteiger partial charge in [-0.3, -0.25) is 0 Å². The molecule has 0 unspecified atom stereocenters. The molecule has 0 amide bonds. The van der Waals surface area contributed by atoms with Crippen LogP contribution in [0.25, 0.3) is 0 Å². The third-order valence-corrected chi connectivity index (χ3v) is 3.53. The van der Waals surface area contributed by atoms with Gasteiger partial charge >= 0.3 is 0 Å². The van der Waals surface area contributed by atoms with E-state index >= 15 is 0 Å². The summed E-state index contributed by atoms with van der Waals surface area (Å²) in [6.45, 7) is 5.43. The van der Waals surface area contributed by atoms with Crippen LogP contribution in [0, 0.1) is 0 Å². The van der Waals surface area contributed by atoms with E-state index in [1.807, 2.05) is 49.4 Å².